The van der Waals surface area contributed by atoms with Crippen LogP contribution in [0.3, 0.4) is 0 Å². The Morgan fingerprint density at radius 3 is 2.76 bits per heavy atom. The molecule has 0 spiro atoms. The van der Waals surface area contributed by atoms with Crippen molar-refractivity contribution in [1.29, 1.82) is 0 Å². The third-order valence-corrected chi connectivity index (χ3v) is 6.60. The molecule has 2 aliphatic rings. The summed E-state index contributed by atoms with van der Waals surface area (Å²) < 4.78 is 5.33. The van der Waals surface area contributed by atoms with Crippen molar-refractivity contribution in [3.63, 3.8) is 0 Å². The molecule has 2 aromatic heterocycles. The molecule has 0 radical (unpaired) electrons. The molecule has 0 unspecified atom stereocenters. The molecule has 1 fully saturated rings. The summed E-state index contributed by atoms with van der Waals surface area (Å²) in [5, 5.41) is 6.27. The maximum atomic E-state index is 12.5. The van der Waals surface area contributed by atoms with Gasteiger partial charge in [0.2, 0.25) is 11.8 Å². The first kappa shape index (κ1) is 25.3. The van der Waals surface area contributed by atoms with Gasteiger partial charge in [0.25, 0.3) is 0 Å². The zero-order valence-corrected chi connectivity index (χ0v) is 21.0. The molecule has 1 aromatic carbocycles. The Bertz CT molecular complexity index is 1410. The van der Waals surface area contributed by atoms with Gasteiger partial charge in [0.1, 0.15) is 18.0 Å². The molecule has 38 heavy (non-hydrogen) atoms. The fourth-order valence-corrected chi connectivity index (χ4v) is 4.64. The van der Waals surface area contributed by atoms with E-state index < -0.39 is 5.91 Å². The first-order valence-corrected chi connectivity index (χ1v) is 12.7. The average Bonchev–Trinajstić information content (AvgIpc) is 3.37. The third kappa shape index (κ3) is 5.96. The van der Waals surface area contributed by atoms with Crippen LogP contribution in [0.1, 0.15) is 17.5 Å². The number of anilines is 3. The molecular weight excluding hydrogens is 482 g/mol. The van der Waals surface area contributed by atoms with Crippen LogP contribution in [-0.4, -0.2) is 77.6 Å². The number of nitrogens with one attached hydrogen (secondary N) is 2. The molecule has 194 valence electrons. The zero-order valence-electron chi connectivity index (χ0n) is 21.0. The second kappa shape index (κ2) is 11.8. The molecule has 10 nitrogen and oxygen atoms in total. The van der Waals surface area contributed by atoms with Gasteiger partial charge in [0.15, 0.2) is 0 Å². The number of ether oxygens (including phenoxy) is 1. The van der Waals surface area contributed by atoms with Crippen LogP contribution >= 0.6 is 0 Å². The second-order valence-electron chi connectivity index (χ2n) is 9.09. The predicted octanol–water partition coefficient (Wildman–Crippen LogP) is 2.03. The Balaban J connectivity index is 1.21. The van der Waals surface area contributed by atoms with Gasteiger partial charge in [-0.05, 0) is 43.1 Å². The first-order chi connectivity index (χ1) is 18.6. The van der Waals surface area contributed by atoms with Crippen molar-refractivity contribution >= 4 is 40.0 Å². The number of aromatic nitrogens is 3. The summed E-state index contributed by atoms with van der Waals surface area (Å²) in [7, 11) is 0. The molecule has 1 saturated heterocycles. The number of hydrogen-bond donors (Lipinski definition) is 2. The van der Waals surface area contributed by atoms with Crippen LogP contribution in [0, 0.1) is 12.3 Å². The minimum atomic E-state index is -0.455. The van der Waals surface area contributed by atoms with E-state index in [9.17, 15) is 9.59 Å². The minimum Gasteiger partial charge on any atom is -0.379 e. The van der Waals surface area contributed by atoms with Gasteiger partial charge in [-0.1, -0.05) is 12.0 Å². The Morgan fingerprint density at radius 2 is 1.92 bits per heavy atom. The number of pyridine rings is 1. The Hall–Kier alpha value is -4.33. The van der Waals surface area contributed by atoms with E-state index in [-0.39, 0.29) is 5.91 Å². The van der Waals surface area contributed by atoms with Gasteiger partial charge in [-0.3, -0.25) is 14.5 Å². The van der Waals surface area contributed by atoms with Crippen molar-refractivity contribution in [3.8, 4) is 12.3 Å². The van der Waals surface area contributed by atoms with Crippen molar-refractivity contribution < 1.29 is 14.3 Å². The Morgan fingerprint density at radius 1 is 1.08 bits per heavy atom. The molecule has 0 aliphatic carbocycles. The number of carbonyl (C=O) groups is 2. The quantitative estimate of drug-likeness (QED) is 0.268. The van der Waals surface area contributed by atoms with Gasteiger partial charge in [-0.15, -0.1) is 6.42 Å². The number of benzene rings is 1. The van der Waals surface area contributed by atoms with E-state index in [0.29, 0.717) is 23.7 Å². The lowest BCUT2D eigenvalue weighted by molar-refractivity contribution is -0.117. The van der Waals surface area contributed by atoms with Crippen molar-refractivity contribution in [1.82, 2.24) is 25.2 Å². The van der Waals surface area contributed by atoms with E-state index in [1.165, 1.54) is 24.0 Å². The zero-order chi connectivity index (χ0) is 26.3. The Labute approximate surface area is 221 Å². The fourth-order valence-electron chi connectivity index (χ4n) is 4.64. The molecule has 5 rings (SSSR count). The number of hydrogen-bond acceptors (Lipinski definition) is 8. The number of nitrogens with zero attached hydrogens (tertiary/aromatic N) is 5. The average molecular weight is 512 g/mol. The van der Waals surface area contributed by atoms with E-state index >= 15 is 0 Å². The van der Waals surface area contributed by atoms with Crippen LogP contribution in [0.15, 0.2) is 48.9 Å². The Kier molecular flexibility index (Phi) is 7.87. The maximum absolute atomic E-state index is 12.5. The van der Waals surface area contributed by atoms with E-state index in [1.54, 1.807) is 12.3 Å². The monoisotopic (exact) mass is 511 g/mol. The maximum Gasteiger partial charge on any atom is 0.249 e. The number of amides is 2. The largest absolute Gasteiger partial charge is 0.379 e. The summed E-state index contributed by atoms with van der Waals surface area (Å²) in [6.07, 6.45) is 12.8. The molecule has 4 heterocycles. The van der Waals surface area contributed by atoms with E-state index in [0.717, 1.165) is 68.9 Å². The third-order valence-electron chi connectivity index (χ3n) is 6.60. The highest BCUT2D eigenvalue weighted by Crippen LogP contribution is 2.37. The number of carbonyl (C=O) groups excluding carboxylic acids is 2. The predicted molar refractivity (Wildman–Crippen MR) is 145 cm³/mol. The first-order valence-electron chi connectivity index (χ1n) is 12.7. The van der Waals surface area contributed by atoms with Crippen molar-refractivity contribution in [2.24, 2.45) is 0 Å². The topological polar surface area (TPSA) is 113 Å². The normalized spacial score (nSPS) is 15.4. The molecule has 10 heteroatoms. The lowest BCUT2D eigenvalue weighted by Crippen LogP contribution is -2.38. The van der Waals surface area contributed by atoms with Gasteiger partial charge in [0.05, 0.1) is 24.9 Å². The molecule has 0 bridgehead atoms. The molecule has 2 N–H and O–H groups in total. The van der Waals surface area contributed by atoms with Gasteiger partial charge < -0.3 is 20.3 Å². The number of morpholine rings is 1. The van der Waals surface area contributed by atoms with Crippen LogP contribution in [0.25, 0.3) is 10.9 Å². The van der Waals surface area contributed by atoms with Gasteiger partial charge >= 0.3 is 0 Å². The minimum absolute atomic E-state index is 0.316. The molecule has 2 aliphatic heterocycles. The highest BCUT2D eigenvalue weighted by Gasteiger charge is 2.24. The van der Waals surface area contributed by atoms with Crippen LogP contribution < -0.4 is 15.5 Å². The van der Waals surface area contributed by atoms with E-state index in [2.05, 4.69) is 41.3 Å². The fraction of sp³-hybridized carbons (Fsp3) is 0.321. The van der Waals surface area contributed by atoms with E-state index in [4.69, 9.17) is 11.2 Å². The smallest absolute Gasteiger partial charge is 0.249 e. The summed E-state index contributed by atoms with van der Waals surface area (Å²) in [4.78, 5) is 42.1. The highest BCUT2D eigenvalue weighted by atomic mass is 16.5. The van der Waals surface area contributed by atoms with Crippen molar-refractivity contribution in [2.75, 3.05) is 56.2 Å². The van der Waals surface area contributed by atoms with Crippen molar-refractivity contribution in [3.05, 3.63) is 60.1 Å². The molecule has 0 atom stereocenters. The lowest BCUT2D eigenvalue weighted by Gasteiger charge is -2.26. The SMILES string of the molecule is C#Cc1ccc2c(c1)N(c1ncnc3cnc(NC(=O)C=CC(=O)NCCCN4CCOCC4)cc13)CC2. The van der Waals surface area contributed by atoms with Crippen LogP contribution in [0.2, 0.25) is 0 Å². The standard InChI is InChI=1S/C28H29N7O3/c1-2-20-4-5-21-8-11-35(24(21)16-20)28-22-17-25(30-18-23(22)31-19-32-28)33-27(37)7-6-26(36)29-9-3-10-34-12-14-38-15-13-34/h1,4-7,16-19H,3,8-15H2,(H,29,36)(H,30,33,37). The lowest BCUT2D eigenvalue weighted by atomic mass is 10.1. The number of terminal acetylenes is 1. The molecular formula is C28H29N7O3. The summed E-state index contributed by atoms with van der Waals surface area (Å²) in [6.45, 7) is 5.55. The molecule has 2 amide bonds. The van der Waals surface area contributed by atoms with E-state index in [1.807, 2.05) is 18.2 Å². The van der Waals surface area contributed by atoms with Crippen LogP contribution in [0.4, 0.5) is 17.3 Å². The second-order valence-corrected chi connectivity index (χ2v) is 9.09. The summed E-state index contributed by atoms with van der Waals surface area (Å²) >= 11 is 0. The summed E-state index contributed by atoms with van der Waals surface area (Å²) in [5.41, 5.74) is 3.67. The number of fused-ring (bicyclic) bond motifs is 2. The van der Waals surface area contributed by atoms with Gasteiger partial charge in [-0.25, -0.2) is 15.0 Å². The number of rotatable bonds is 8. The summed E-state index contributed by atoms with van der Waals surface area (Å²) in [6, 6.07) is 7.72. The highest BCUT2D eigenvalue weighted by molar-refractivity contribution is 6.04. The molecule has 3 aromatic rings. The van der Waals surface area contributed by atoms with Crippen molar-refractivity contribution in [2.45, 2.75) is 12.8 Å². The van der Waals surface area contributed by atoms with Gasteiger partial charge in [0, 0.05) is 55.0 Å². The van der Waals surface area contributed by atoms with Crippen LogP contribution in [0.5, 0.6) is 0 Å². The summed E-state index contributed by atoms with van der Waals surface area (Å²) in [5.74, 6) is 2.97. The van der Waals surface area contributed by atoms with Gasteiger partial charge in [-0.2, -0.15) is 0 Å². The molecule has 0 saturated carbocycles. The van der Waals surface area contributed by atoms with Crippen LogP contribution in [-0.2, 0) is 20.7 Å².